The zero-order chi connectivity index (χ0) is 24.5. The minimum atomic E-state index is -1.20. The van der Waals surface area contributed by atoms with Crippen LogP contribution in [0.1, 0.15) is 56.6 Å². The van der Waals surface area contributed by atoms with Crippen molar-refractivity contribution in [3.8, 4) is 5.75 Å². The predicted molar refractivity (Wildman–Crippen MR) is 130 cm³/mol. The molecule has 0 saturated heterocycles. The highest BCUT2D eigenvalue weighted by Gasteiger charge is 2.43. The van der Waals surface area contributed by atoms with Gasteiger partial charge in [-0.3, -0.25) is 4.90 Å². The molecule has 4 N–H and O–H groups in total. The number of carboxylic acids is 1. The van der Waals surface area contributed by atoms with Crippen LogP contribution in [0.5, 0.6) is 5.75 Å². The van der Waals surface area contributed by atoms with Gasteiger partial charge < -0.3 is 25.4 Å². The second kappa shape index (κ2) is 10.1. The highest BCUT2D eigenvalue weighted by Crippen LogP contribution is 2.40. The van der Waals surface area contributed by atoms with Crippen molar-refractivity contribution in [3.63, 3.8) is 0 Å². The van der Waals surface area contributed by atoms with Crippen molar-refractivity contribution in [2.24, 2.45) is 5.92 Å². The van der Waals surface area contributed by atoms with Crippen LogP contribution in [0.15, 0.2) is 41.1 Å². The number of nitrogens with one attached hydrogen (secondary N) is 1. The fourth-order valence-electron chi connectivity index (χ4n) is 5.31. The van der Waals surface area contributed by atoms with Crippen LogP contribution in [0.4, 0.5) is 0 Å². The van der Waals surface area contributed by atoms with Gasteiger partial charge in [0.2, 0.25) is 0 Å². The lowest BCUT2D eigenvalue weighted by atomic mass is 9.76. The summed E-state index contributed by atoms with van der Waals surface area (Å²) in [4.78, 5) is 13.9. The molecule has 3 atom stereocenters. The Balaban J connectivity index is 1.45. The average molecular weight is 471 g/mol. The minimum Gasteiger partial charge on any atom is -0.497 e. The summed E-state index contributed by atoms with van der Waals surface area (Å²) in [5.74, 6) is 0.439. The van der Waals surface area contributed by atoms with E-state index in [1.54, 1.807) is 13.2 Å². The predicted octanol–water partition coefficient (Wildman–Crippen LogP) is 3.14. The van der Waals surface area contributed by atoms with Gasteiger partial charge in [-0.25, -0.2) is 4.79 Å². The lowest BCUT2D eigenvalue weighted by Crippen LogP contribution is -2.54. The number of aliphatic hydroxyl groups excluding tert-OH is 1. The summed E-state index contributed by atoms with van der Waals surface area (Å²) in [5.41, 5.74) is 3.19. The third kappa shape index (κ3) is 5.48. The summed E-state index contributed by atoms with van der Waals surface area (Å²) in [7, 11) is 1.69. The van der Waals surface area contributed by atoms with Gasteiger partial charge in [-0.2, -0.15) is 0 Å². The van der Waals surface area contributed by atoms with Crippen LogP contribution in [0.3, 0.4) is 0 Å². The van der Waals surface area contributed by atoms with Gasteiger partial charge >= 0.3 is 5.97 Å². The summed E-state index contributed by atoms with van der Waals surface area (Å²) in [6.07, 6.45) is 6.35. The second-order valence-corrected chi connectivity index (χ2v) is 10.2. The molecule has 0 spiro atoms. The number of hydrogen-bond acceptors (Lipinski definition) is 6. The Bertz CT molecular complexity index is 983. The van der Waals surface area contributed by atoms with E-state index in [1.807, 2.05) is 6.07 Å². The summed E-state index contributed by atoms with van der Waals surface area (Å²) >= 11 is 0. The SMILES string of the molecule is COc1ccc(C)c(CCCN(CC2CC2)[C@H](C)[C@@]2(O)CCC3=C(C=C(C(=O)O)C(O)N3)C2)c1. The van der Waals surface area contributed by atoms with Crippen LogP contribution in [0.25, 0.3) is 0 Å². The quantitative estimate of drug-likeness (QED) is 0.417. The minimum absolute atomic E-state index is 0.0536. The molecule has 0 bridgehead atoms. The maximum Gasteiger partial charge on any atom is 0.336 e. The molecular formula is C27H38N2O5. The van der Waals surface area contributed by atoms with E-state index in [0.717, 1.165) is 43.0 Å². The van der Waals surface area contributed by atoms with Crippen LogP contribution in [0, 0.1) is 12.8 Å². The van der Waals surface area contributed by atoms with Gasteiger partial charge in [-0.1, -0.05) is 6.07 Å². The van der Waals surface area contributed by atoms with Gasteiger partial charge in [0.15, 0.2) is 6.23 Å². The molecule has 7 nitrogen and oxygen atoms in total. The number of aliphatic carboxylic acids is 1. The molecular weight excluding hydrogens is 432 g/mol. The zero-order valence-corrected chi connectivity index (χ0v) is 20.5. The van der Waals surface area contributed by atoms with Crippen LogP contribution in [-0.4, -0.2) is 64.3 Å². The number of nitrogens with zero attached hydrogens (tertiary/aromatic N) is 1. The van der Waals surface area contributed by atoms with Crippen molar-refractivity contribution in [2.75, 3.05) is 20.2 Å². The van der Waals surface area contributed by atoms with Crippen molar-refractivity contribution in [3.05, 3.63) is 52.2 Å². The molecule has 3 aliphatic rings. The average Bonchev–Trinajstić information content (AvgIpc) is 3.63. The number of aryl methyl sites for hydroxylation is 2. The van der Waals surface area contributed by atoms with E-state index in [2.05, 4.69) is 36.2 Å². The Hall–Kier alpha value is -2.35. The molecule has 1 aliphatic heterocycles. The van der Waals surface area contributed by atoms with Crippen LogP contribution in [0.2, 0.25) is 0 Å². The molecule has 2 aliphatic carbocycles. The van der Waals surface area contributed by atoms with Crippen LogP contribution < -0.4 is 10.1 Å². The summed E-state index contributed by atoms with van der Waals surface area (Å²) in [6.45, 7) is 6.12. The normalized spacial score (nSPS) is 25.5. The Morgan fingerprint density at radius 2 is 2.12 bits per heavy atom. The van der Waals surface area contributed by atoms with Crippen molar-refractivity contribution < 1.29 is 24.9 Å². The summed E-state index contributed by atoms with van der Waals surface area (Å²) in [6, 6.07) is 6.15. The standard InChI is InChI=1S/C27H38N2O5/c1-17-6-9-22(34-3)13-20(17)5-4-12-29(16-19-7-8-19)18(2)27(33)11-10-24-21(15-27)14-23(26(31)32)25(30)28-24/h6,9,13-14,18-19,25,28,30,33H,4-5,7-8,10-12,15-16H2,1-3H3,(H,31,32)/t18-,25?,27-/m1/s1. The van der Waals surface area contributed by atoms with E-state index in [4.69, 9.17) is 4.74 Å². The van der Waals surface area contributed by atoms with Gasteiger partial charge in [-0.05, 0) is 99.7 Å². The largest absolute Gasteiger partial charge is 0.497 e. The Kier molecular flexibility index (Phi) is 7.36. The van der Waals surface area contributed by atoms with E-state index >= 15 is 0 Å². The van der Waals surface area contributed by atoms with Crippen molar-refractivity contribution in [1.82, 2.24) is 10.2 Å². The first-order valence-corrected chi connectivity index (χ1v) is 12.4. The van der Waals surface area contributed by atoms with Gasteiger partial charge in [-0.15, -0.1) is 0 Å². The van der Waals surface area contributed by atoms with Crippen molar-refractivity contribution in [2.45, 2.75) is 76.7 Å². The van der Waals surface area contributed by atoms with Crippen LogP contribution in [-0.2, 0) is 11.2 Å². The highest BCUT2D eigenvalue weighted by atomic mass is 16.5. The Morgan fingerprint density at radius 3 is 2.79 bits per heavy atom. The molecule has 1 aromatic carbocycles. The van der Waals surface area contributed by atoms with Gasteiger partial charge in [0.05, 0.1) is 18.3 Å². The smallest absolute Gasteiger partial charge is 0.336 e. The van der Waals surface area contributed by atoms with E-state index in [-0.39, 0.29) is 11.6 Å². The van der Waals surface area contributed by atoms with E-state index in [9.17, 15) is 20.1 Å². The molecule has 1 heterocycles. The lowest BCUT2D eigenvalue weighted by Gasteiger charge is -2.45. The van der Waals surface area contributed by atoms with Gasteiger partial charge in [0, 0.05) is 24.7 Å². The Morgan fingerprint density at radius 1 is 1.35 bits per heavy atom. The maximum atomic E-state index is 11.7. The molecule has 1 saturated carbocycles. The van der Waals surface area contributed by atoms with Gasteiger partial charge in [0.25, 0.3) is 0 Å². The zero-order valence-electron chi connectivity index (χ0n) is 20.5. The number of allylic oxidation sites excluding steroid dienone is 2. The fourth-order valence-corrected chi connectivity index (χ4v) is 5.31. The number of ether oxygens (including phenoxy) is 1. The number of benzene rings is 1. The van der Waals surface area contributed by atoms with E-state index in [0.29, 0.717) is 25.2 Å². The number of carboxylic acid groups (broad SMARTS) is 1. The number of methoxy groups -OCH3 is 1. The second-order valence-electron chi connectivity index (χ2n) is 10.2. The molecule has 0 aromatic heterocycles. The molecule has 1 aromatic rings. The van der Waals surface area contributed by atoms with E-state index < -0.39 is 17.8 Å². The first-order chi connectivity index (χ1) is 16.2. The molecule has 186 valence electrons. The van der Waals surface area contributed by atoms with E-state index in [1.165, 1.54) is 24.0 Å². The lowest BCUT2D eigenvalue weighted by molar-refractivity contribution is -0.134. The fraction of sp³-hybridized carbons (Fsp3) is 0.593. The molecule has 0 radical (unpaired) electrons. The topological polar surface area (TPSA) is 102 Å². The van der Waals surface area contributed by atoms with Crippen molar-refractivity contribution >= 4 is 5.97 Å². The number of rotatable bonds is 10. The van der Waals surface area contributed by atoms with Crippen LogP contribution >= 0.6 is 0 Å². The molecule has 1 unspecified atom stereocenters. The summed E-state index contributed by atoms with van der Waals surface area (Å²) in [5, 5.41) is 34.1. The first kappa shape index (κ1) is 24.8. The molecule has 7 heteroatoms. The molecule has 0 amide bonds. The number of dihydropyridines is 1. The molecule has 34 heavy (non-hydrogen) atoms. The third-order valence-electron chi connectivity index (χ3n) is 7.84. The molecule has 1 fully saturated rings. The van der Waals surface area contributed by atoms with Crippen molar-refractivity contribution in [1.29, 1.82) is 0 Å². The Labute approximate surface area is 202 Å². The third-order valence-corrected chi connectivity index (χ3v) is 7.84. The monoisotopic (exact) mass is 470 g/mol. The number of hydrogen-bond donors (Lipinski definition) is 4. The highest BCUT2D eigenvalue weighted by molar-refractivity contribution is 5.88. The number of carbonyl (C=O) groups is 1. The first-order valence-electron chi connectivity index (χ1n) is 12.4. The molecule has 4 rings (SSSR count). The maximum absolute atomic E-state index is 11.7. The van der Waals surface area contributed by atoms with Gasteiger partial charge in [0.1, 0.15) is 5.75 Å². The number of aliphatic hydroxyl groups is 2. The summed E-state index contributed by atoms with van der Waals surface area (Å²) < 4.78 is 5.39.